The van der Waals surface area contributed by atoms with Gasteiger partial charge in [0.15, 0.2) is 6.61 Å². The normalized spacial score (nSPS) is 15.8. The molecule has 29 heavy (non-hydrogen) atoms. The zero-order valence-corrected chi connectivity index (χ0v) is 15.6. The molecule has 1 aromatic carbocycles. The number of nitrogens with zero attached hydrogens (tertiary/aromatic N) is 1. The van der Waals surface area contributed by atoms with Crippen LogP contribution in [0.1, 0.15) is 23.7 Å². The van der Waals surface area contributed by atoms with E-state index in [-0.39, 0.29) is 18.5 Å². The first kappa shape index (κ1) is 20.7. The molecule has 3 rings (SSSR count). The fourth-order valence-corrected chi connectivity index (χ4v) is 2.88. The number of pyridine rings is 1. The summed E-state index contributed by atoms with van der Waals surface area (Å²) in [6.07, 6.45) is -2.52. The molecule has 2 aromatic rings. The van der Waals surface area contributed by atoms with Gasteiger partial charge in [-0.15, -0.1) is 0 Å². The summed E-state index contributed by atoms with van der Waals surface area (Å²) < 4.78 is 52.4. The standard InChI is InChI=1S/C19H20F3N3O4/c1-27-15-6-8-28-17-13(15)3-2-4-14(17)25-18(26)24-10-12-5-7-23-16(9-12)29-11-19(20,21)22/h2-5,7,9,15H,6,8,10-11H2,1H3,(H2,24,25,26). The third kappa shape index (κ3) is 5.74. The average Bonchev–Trinajstić information content (AvgIpc) is 2.70. The number of amides is 2. The van der Waals surface area contributed by atoms with Crippen molar-refractivity contribution in [2.45, 2.75) is 25.2 Å². The third-order valence-corrected chi connectivity index (χ3v) is 4.19. The highest BCUT2D eigenvalue weighted by molar-refractivity contribution is 5.91. The molecule has 0 saturated carbocycles. The van der Waals surface area contributed by atoms with E-state index in [1.54, 1.807) is 25.3 Å². The Bertz CT molecular complexity index is 861. The van der Waals surface area contributed by atoms with E-state index >= 15 is 0 Å². The maximum absolute atomic E-state index is 12.3. The van der Waals surface area contributed by atoms with Crippen LogP contribution in [0.2, 0.25) is 0 Å². The summed E-state index contributed by atoms with van der Waals surface area (Å²) in [7, 11) is 1.62. The lowest BCUT2D eigenvalue weighted by molar-refractivity contribution is -0.154. The summed E-state index contributed by atoms with van der Waals surface area (Å²) in [5, 5.41) is 5.35. The van der Waals surface area contributed by atoms with Crippen molar-refractivity contribution >= 4 is 11.7 Å². The molecule has 7 nitrogen and oxygen atoms in total. The monoisotopic (exact) mass is 411 g/mol. The van der Waals surface area contributed by atoms with Crippen molar-refractivity contribution < 1.29 is 32.2 Å². The van der Waals surface area contributed by atoms with Gasteiger partial charge >= 0.3 is 12.2 Å². The van der Waals surface area contributed by atoms with Crippen molar-refractivity contribution in [2.75, 3.05) is 25.6 Å². The van der Waals surface area contributed by atoms with E-state index in [0.29, 0.717) is 23.6 Å². The first-order valence-corrected chi connectivity index (χ1v) is 8.83. The van der Waals surface area contributed by atoms with Crippen molar-refractivity contribution in [1.82, 2.24) is 10.3 Å². The fraction of sp³-hybridized carbons (Fsp3) is 0.368. The smallest absolute Gasteiger partial charge is 0.422 e. The van der Waals surface area contributed by atoms with Crippen LogP contribution >= 0.6 is 0 Å². The number of anilines is 1. The first-order chi connectivity index (χ1) is 13.9. The van der Waals surface area contributed by atoms with Gasteiger partial charge in [0.2, 0.25) is 5.88 Å². The molecular formula is C19H20F3N3O4. The molecule has 0 spiro atoms. The number of ether oxygens (including phenoxy) is 3. The number of para-hydroxylation sites is 1. The van der Waals surface area contributed by atoms with Gasteiger partial charge in [0.05, 0.1) is 18.4 Å². The van der Waals surface area contributed by atoms with Crippen molar-refractivity contribution in [1.29, 1.82) is 0 Å². The molecule has 0 fully saturated rings. The van der Waals surface area contributed by atoms with Crippen LogP contribution < -0.4 is 20.1 Å². The molecule has 1 atom stereocenters. The topological polar surface area (TPSA) is 81.7 Å². The van der Waals surface area contributed by atoms with Gasteiger partial charge in [0.1, 0.15) is 5.75 Å². The molecular weight excluding hydrogens is 391 g/mol. The van der Waals surface area contributed by atoms with Crippen molar-refractivity contribution in [3.05, 3.63) is 47.7 Å². The second kappa shape index (κ2) is 8.99. The Labute approximate surface area is 165 Å². The maximum atomic E-state index is 12.3. The average molecular weight is 411 g/mol. The van der Waals surface area contributed by atoms with Gasteiger partial charge in [0.25, 0.3) is 0 Å². The van der Waals surface area contributed by atoms with Crippen LogP contribution in [0.4, 0.5) is 23.7 Å². The minimum atomic E-state index is -4.45. The van der Waals surface area contributed by atoms with E-state index in [2.05, 4.69) is 20.4 Å². The summed E-state index contributed by atoms with van der Waals surface area (Å²) in [6.45, 7) is -0.879. The highest BCUT2D eigenvalue weighted by atomic mass is 19.4. The second-order valence-electron chi connectivity index (χ2n) is 6.30. The van der Waals surface area contributed by atoms with Gasteiger partial charge in [-0.05, 0) is 17.7 Å². The molecule has 1 aliphatic heterocycles. The van der Waals surface area contributed by atoms with E-state index in [1.165, 1.54) is 12.3 Å². The first-order valence-electron chi connectivity index (χ1n) is 8.83. The number of carbonyl (C=O) groups is 1. The number of nitrogens with one attached hydrogen (secondary N) is 2. The Morgan fingerprint density at radius 1 is 1.34 bits per heavy atom. The molecule has 156 valence electrons. The number of methoxy groups -OCH3 is 1. The van der Waals surface area contributed by atoms with E-state index < -0.39 is 18.8 Å². The zero-order valence-electron chi connectivity index (χ0n) is 15.6. The number of aromatic nitrogens is 1. The molecule has 0 bridgehead atoms. The number of hydrogen-bond acceptors (Lipinski definition) is 5. The minimum Gasteiger partial charge on any atom is -0.491 e. The predicted octanol–water partition coefficient (Wildman–Crippen LogP) is 3.81. The van der Waals surface area contributed by atoms with Crippen LogP contribution in [0, 0.1) is 0 Å². The lowest BCUT2D eigenvalue weighted by Gasteiger charge is -2.26. The van der Waals surface area contributed by atoms with Crippen LogP contribution in [0.15, 0.2) is 36.5 Å². The van der Waals surface area contributed by atoms with Crippen molar-refractivity contribution in [3.8, 4) is 11.6 Å². The molecule has 0 saturated heterocycles. The van der Waals surface area contributed by atoms with Crippen molar-refractivity contribution in [3.63, 3.8) is 0 Å². The summed E-state index contributed by atoms with van der Waals surface area (Å²) in [6, 6.07) is 7.80. The molecule has 1 aliphatic rings. The third-order valence-electron chi connectivity index (χ3n) is 4.19. The predicted molar refractivity (Wildman–Crippen MR) is 97.9 cm³/mol. The summed E-state index contributed by atoms with van der Waals surface area (Å²) in [5.41, 5.74) is 1.90. The van der Waals surface area contributed by atoms with E-state index in [0.717, 1.165) is 12.0 Å². The number of halogens is 3. The molecule has 10 heteroatoms. The van der Waals surface area contributed by atoms with Gasteiger partial charge in [-0.3, -0.25) is 0 Å². The number of carbonyl (C=O) groups excluding carboxylic acids is 1. The van der Waals surface area contributed by atoms with Gasteiger partial charge in [-0.2, -0.15) is 13.2 Å². The molecule has 2 heterocycles. The number of urea groups is 1. The Kier molecular flexibility index (Phi) is 6.42. The Morgan fingerprint density at radius 2 is 2.17 bits per heavy atom. The lowest BCUT2D eigenvalue weighted by Crippen LogP contribution is -2.29. The van der Waals surface area contributed by atoms with Crippen LogP contribution in [-0.2, 0) is 11.3 Å². The molecule has 2 N–H and O–H groups in total. The highest BCUT2D eigenvalue weighted by Crippen LogP contribution is 2.39. The minimum absolute atomic E-state index is 0.0767. The number of alkyl halides is 3. The largest absolute Gasteiger partial charge is 0.491 e. The van der Waals surface area contributed by atoms with Gasteiger partial charge in [-0.1, -0.05) is 12.1 Å². The molecule has 2 amide bonds. The summed E-state index contributed by atoms with van der Waals surface area (Å²) >= 11 is 0. The summed E-state index contributed by atoms with van der Waals surface area (Å²) in [4.78, 5) is 16.0. The Hall–Kier alpha value is -3.01. The van der Waals surface area contributed by atoms with Crippen LogP contribution in [0.5, 0.6) is 11.6 Å². The van der Waals surface area contributed by atoms with Crippen molar-refractivity contribution in [2.24, 2.45) is 0 Å². The quantitative estimate of drug-likeness (QED) is 0.756. The van der Waals surface area contributed by atoms with Crippen LogP contribution in [0.3, 0.4) is 0 Å². The number of fused-ring (bicyclic) bond motifs is 1. The number of benzene rings is 1. The number of rotatable bonds is 6. The fourth-order valence-electron chi connectivity index (χ4n) is 2.88. The molecule has 0 aliphatic carbocycles. The van der Waals surface area contributed by atoms with Crippen LogP contribution in [-0.4, -0.2) is 37.5 Å². The number of hydrogen-bond donors (Lipinski definition) is 2. The van der Waals surface area contributed by atoms with Gasteiger partial charge in [-0.25, -0.2) is 9.78 Å². The maximum Gasteiger partial charge on any atom is 0.422 e. The van der Waals surface area contributed by atoms with Gasteiger partial charge in [0, 0.05) is 37.9 Å². The zero-order chi connectivity index (χ0) is 20.9. The molecule has 0 radical (unpaired) electrons. The Balaban J connectivity index is 1.59. The highest BCUT2D eigenvalue weighted by Gasteiger charge is 2.28. The summed E-state index contributed by atoms with van der Waals surface area (Å²) in [5.74, 6) is 0.394. The SMILES string of the molecule is COC1CCOc2c(NC(=O)NCc3ccnc(OCC(F)(F)F)c3)cccc21. The Morgan fingerprint density at radius 3 is 2.93 bits per heavy atom. The van der Waals surface area contributed by atoms with E-state index in [4.69, 9.17) is 9.47 Å². The lowest BCUT2D eigenvalue weighted by atomic mass is 10.0. The molecule has 1 aromatic heterocycles. The second-order valence-corrected chi connectivity index (χ2v) is 6.30. The van der Waals surface area contributed by atoms with E-state index in [9.17, 15) is 18.0 Å². The van der Waals surface area contributed by atoms with Gasteiger partial charge < -0.3 is 24.8 Å². The van der Waals surface area contributed by atoms with Crippen LogP contribution in [0.25, 0.3) is 0 Å². The van der Waals surface area contributed by atoms with E-state index in [1.807, 2.05) is 6.07 Å². The molecule has 1 unspecified atom stereocenters.